The van der Waals surface area contributed by atoms with Gasteiger partial charge in [0.15, 0.2) is 6.17 Å². The van der Waals surface area contributed by atoms with Crippen LogP contribution >= 0.6 is 22.9 Å². The van der Waals surface area contributed by atoms with Gasteiger partial charge in [-0.2, -0.15) is 15.2 Å². The smallest absolute Gasteiger partial charge is 0.412 e. The molecule has 0 saturated carbocycles. The number of carbonyl (C=O) groups excluding carboxylic acids is 2. The number of nitriles is 1. The molecular formula is C40H47ClFN7O6S. The van der Waals surface area contributed by atoms with Crippen LogP contribution < -0.4 is 15.0 Å². The Morgan fingerprint density at radius 3 is 2.57 bits per heavy atom. The van der Waals surface area contributed by atoms with Gasteiger partial charge in [0.25, 0.3) is 0 Å². The maximum atomic E-state index is 17.7. The minimum atomic E-state index is -1.79. The first kappa shape index (κ1) is 38.5. The van der Waals surface area contributed by atoms with Gasteiger partial charge in [0.2, 0.25) is 0 Å². The molecule has 0 radical (unpaired) electrons. The summed E-state index contributed by atoms with van der Waals surface area (Å²) in [5.41, 5.74) is -0.371. The molecule has 13 nitrogen and oxygen atoms in total. The summed E-state index contributed by atoms with van der Waals surface area (Å²) in [5.74, 6) is -0.414. The number of piperazine rings is 1. The number of hydrogen-bond acceptors (Lipinski definition) is 12. The standard InChI is InChI=1S/C40H47ClFN7O6S/c1-39(2,3)54-37(50)46-35-23(16-43)27-22(11-8-12-26(27)56-35)28-30(41)33-29-32(31(28)42)44-36(53-18-21-10-9-15-47(21)7)45-34(29)48-17-20-13-14-24(25(48)19-52-33)49(20)38(51)55-40(4,5)6/h8,11-12,20-21,24-25,28,31H,9-10,13-15,17-19H2,1-7H3,(H,46,50)/t20-,21-,24+,25-,28?,31?/m1/s1. The van der Waals surface area contributed by atoms with Gasteiger partial charge >= 0.3 is 18.2 Å². The van der Waals surface area contributed by atoms with Crippen LogP contribution in [-0.2, 0) is 14.2 Å². The normalized spacial score (nSPS) is 25.9. The molecule has 6 atom stereocenters. The number of ether oxygens (including phenoxy) is 4. The molecule has 3 saturated heterocycles. The lowest BCUT2D eigenvalue weighted by atomic mass is 9.83. The third-order valence-corrected chi connectivity index (χ3v) is 12.6. The fourth-order valence-electron chi connectivity index (χ4n) is 8.75. The molecule has 2 amide bonds. The number of alkyl halides is 1. The number of hydrogen-bond donors (Lipinski definition) is 1. The highest BCUT2D eigenvalue weighted by molar-refractivity contribution is 7.23. The number of likely N-dealkylation sites (tertiary alicyclic amines) is 1. The van der Waals surface area contributed by atoms with Gasteiger partial charge in [0, 0.05) is 22.7 Å². The third kappa shape index (κ3) is 6.87. The second-order valence-electron chi connectivity index (χ2n) is 17.2. The summed E-state index contributed by atoms with van der Waals surface area (Å²) in [6.07, 6.45) is 0.652. The number of rotatable bonds is 5. The first-order valence-electron chi connectivity index (χ1n) is 19.2. The molecule has 3 aromatic rings. The summed E-state index contributed by atoms with van der Waals surface area (Å²) < 4.78 is 42.6. The van der Waals surface area contributed by atoms with E-state index in [4.69, 9.17) is 40.5 Å². The third-order valence-electron chi connectivity index (χ3n) is 11.1. The quantitative estimate of drug-likeness (QED) is 0.267. The van der Waals surface area contributed by atoms with Gasteiger partial charge in [-0.05, 0) is 92.4 Å². The second-order valence-corrected chi connectivity index (χ2v) is 18.7. The molecule has 0 spiro atoms. The molecule has 1 aromatic carbocycles. The zero-order valence-electron chi connectivity index (χ0n) is 32.6. The number of halogens is 2. The van der Waals surface area contributed by atoms with E-state index >= 15 is 4.39 Å². The monoisotopic (exact) mass is 807 g/mol. The van der Waals surface area contributed by atoms with Crippen LogP contribution in [-0.4, -0.2) is 101 Å². The molecular weight excluding hydrogens is 761 g/mol. The Balaban J connectivity index is 1.23. The first-order valence-corrected chi connectivity index (χ1v) is 20.4. The van der Waals surface area contributed by atoms with Crippen molar-refractivity contribution < 1.29 is 32.9 Å². The highest BCUT2D eigenvalue weighted by atomic mass is 35.5. The molecule has 2 unspecified atom stereocenters. The molecule has 5 aliphatic rings. The molecule has 4 aliphatic heterocycles. The molecule has 56 heavy (non-hydrogen) atoms. The van der Waals surface area contributed by atoms with E-state index in [2.05, 4.69) is 28.2 Å². The van der Waals surface area contributed by atoms with Crippen molar-refractivity contribution in [1.29, 1.82) is 5.26 Å². The highest BCUT2D eigenvalue weighted by Gasteiger charge is 2.54. The Morgan fingerprint density at radius 2 is 1.88 bits per heavy atom. The number of fused-ring (bicyclic) bond motifs is 6. The Labute approximate surface area is 334 Å². The predicted molar refractivity (Wildman–Crippen MR) is 211 cm³/mol. The lowest BCUT2D eigenvalue weighted by Crippen LogP contribution is -2.63. The van der Waals surface area contributed by atoms with Crippen molar-refractivity contribution in [1.82, 2.24) is 19.8 Å². The van der Waals surface area contributed by atoms with Crippen molar-refractivity contribution in [3.8, 4) is 12.1 Å². The van der Waals surface area contributed by atoms with Crippen molar-refractivity contribution in [3.05, 3.63) is 45.6 Å². The largest absolute Gasteiger partial charge is 0.489 e. The molecule has 1 aliphatic carbocycles. The van der Waals surface area contributed by atoms with Crippen LogP contribution in [0.25, 0.3) is 15.8 Å². The maximum Gasteiger partial charge on any atom is 0.412 e. The van der Waals surface area contributed by atoms with Gasteiger partial charge in [-0.3, -0.25) is 10.2 Å². The van der Waals surface area contributed by atoms with Crippen LogP contribution in [0, 0.1) is 11.3 Å². The number of thiophene rings is 1. The molecule has 8 rings (SSSR count). The number of carbonyl (C=O) groups is 2. The zero-order valence-corrected chi connectivity index (χ0v) is 34.2. The van der Waals surface area contributed by atoms with Crippen LogP contribution in [0.3, 0.4) is 0 Å². The molecule has 2 bridgehead atoms. The van der Waals surface area contributed by atoms with Crippen molar-refractivity contribution in [2.24, 2.45) is 0 Å². The molecule has 1 N–H and O–H groups in total. The van der Waals surface area contributed by atoms with Crippen LogP contribution in [0.15, 0.2) is 23.2 Å². The number of allylic oxidation sites excluding steroid dienone is 1. The lowest BCUT2D eigenvalue weighted by Gasteiger charge is -2.46. The predicted octanol–water partition coefficient (Wildman–Crippen LogP) is 8.09. The van der Waals surface area contributed by atoms with E-state index in [9.17, 15) is 14.9 Å². The van der Waals surface area contributed by atoms with Crippen LogP contribution in [0.2, 0.25) is 0 Å². The van der Waals surface area contributed by atoms with Crippen molar-refractivity contribution in [3.63, 3.8) is 0 Å². The number of likely N-dealkylation sites (N-methyl/N-ethyl adjacent to an activating group) is 1. The van der Waals surface area contributed by atoms with E-state index < -0.39 is 29.4 Å². The summed E-state index contributed by atoms with van der Waals surface area (Å²) in [5, 5.41) is 14.0. The molecule has 2 aromatic heterocycles. The van der Waals surface area contributed by atoms with E-state index in [1.807, 2.05) is 31.7 Å². The Bertz CT molecular complexity index is 2160. The summed E-state index contributed by atoms with van der Waals surface area (Å²) in [7, 11) is 2.06. The number of nitrogens with zero attached hydrogens (tertiary/aromatic N) is 6. The van der Waals surface area contributed by atoms with E-state index in [1.165, 1.54) is 11.3 Å². The van der Waals surface area contributed by atoms with E-state index in [0.717, 1.165) is 32.2 Å². The molecule has 16 heteroatoms. The number of anilines is 2. The average Bonchev–Trinajstić information content (AvgIpc) is 3.75. The zero-order chi connectivity index (χ0) is 39.8. The van der Waals surface area contributed by atoms with Crippen molar-refractivity contribution in [2.75, 3.05) is 43.6 Å². The highest BCUT2D eigenvalue weighted by Crippen LogP contribution is 2.56. The first-order chi connectivity index (χ1) is 26.5. The van der Waals surface area contributed by atoms with E-state index in [1.54, 1.807) is 32.9 Å². The summed E-state index contributed by atoms with van der Waals surface area (Å²) in [6.45, 7) is 12.7. The topological polar surface area (TPSA) is 142 Å². The van der Waals surface area contributed by atoms with Crippen LogP contribution in [0.1, 0.15) is 102 Å². The van der Waals surface area contributed by atoms with E-state index in [-0.39, 0.29) is 69.9 Å². The number of benzene rings is 1. The van der Waals surface area contributed by atoms with Crippen LogP contribution in [0.5, 0.6) is 6.01 Å². The summed E-state index contributed by atoms with van der Waals surface area (Å²) in [4.78, 5) is 42.3. The lowest BCUT2D eigenvalue weighted by molar-refractivity contribution is 0.00483. The Hall–Kier alpha value is -4.39. The Morgan fingerprint density at radius 1 is 1.11 bits per heavy atom. The van der Waals surface area contributed by atoms with Gasteiger partial charge in [-0.1, -0.05) is 23.7 Å². The van der Waals surface area contributed by atoms with Gasteiger partial charge in [0.1, 0.15) is 47.1 Å². The minimum Gasteiger partial charge on any atom is -0.489 e. The van der Waals surface area contributed by atoms with Crippen LogP contribution in [0.4, 0.5) is 24.8 Å². The molecule has 6 heterocycles. The van der Waals surface area contributed by atoms with Gasteiger partial charge in [-0.15, -0.1) is 11.3 Å². The second kappa shape index (κ2) is 14.2. The number of amides is 2. The Kier molecular flexibility index (Phi) is 9.77. The maximum absolute atomic E-state index is 17.7. The van der Waals surface area contributed by atoms with Gasteiger partial charge in [-0.25, -0.2) is 14.0 Å². The molecule has 298 valence electrons. The van der Waals surface area contributed by atoms with Crippen molar-refractivity contribution in [2.45, 2.75) is 115 Å². The van der Waals surface area contributed by atoms with E-state index in [0.29, 0.717) is 40.2 Å². The van der Waals surface area contributed by atoms with Gasteiger partial charge < -0.3 is 28.7 Å². The fraction of sp³-hybridized carbons (Fsp3) is 0.575. The molecule has 3 fully saturated rings. The number of nitrogens with one attached hydrogen (secondary N) is 1. The SMILES string of the molecule is CN1CCC[C@@H]1COc1nc2c3c(n1)N1C[C@H]4CC[C@@H]([C@H]1COC3=C(Cl)C(c1cccc3sc(NC(=O)OC(C)(C)C)c(C#N)c13)C2F)N4C(=O)OC(C)(C)C. The minimum absolute atomic E-state index is 0.0516. The van der Waals surface area contributed by atoms with Gasteiger partial charge in [0.05, 0.1) is 45.9 Å². The summed E-state index contributed by atoms with van der Waals surface area (Å²) in [6, 6.07) is 7.02. The number of aromatic nitrogens is 2. The van der Waals surface area contributed by atoms with Crippen molar-refractivity contribution >= 4 is 61.8 Å². The summed E-state index contributed by atoms with van der Waals surface area (Å²) >= 11 is 8.52. The fourth-order valence-corrected chi connectivity index (χ4v) is 10.2. The average molecular weight is 808 g/mol.